The SMILES string of the molecule is O=C(Nc1ccc(F)cc1)c1cc(NC(=O)C2C(c3ccc(OC(F)(F)F)c(Cl)c3)C2(Cl)Cl)ccc1Cl. The number of carbonyl (C=O) groups excluding carboxylic acids is 2. The lowest BCUT2D eigenvalue weighted by Crippen LogP contribution is -2.18. The van der Waals surface area contributed by atoms with Gasteiger partial charge in [0, 0.05) is 17.3 Å². The maximum atomic E-state index is 13.1. The Morgan fingerprint density at radius 2 is 1.51 bits per heavy atom. The van der Waals surface area contributed by atoms with Crippen LogP contribution < -0.4 is 15.4 Å². The fourth-order valence-electron chi connectivity index (χ4n) is 3.71. The maximum Gasteiger partial charge on any atom is 0.573 e. The summed E-state index contributed by atoms with van der Waals surface area (Å²) in [5.41, 5.74) is 0.906. The van der Waals surface area contributed by atoms with Crippen molar-refractivity contribution in [1.29, 1.82) is 0 Å². The van der Waals surface area contributed by atoms with E-state index in [4.69, 9.17) is 46.4 Å². The lowest BCUT2D eigenvalue weighted by atomic mass is 10.1. The van der Waals surface area contributed by atoms with Gasteiger partial charge in [-0.3, -0.25) is 9.59 Å². The minimum Gasteiger partial charge on any atom is -0.404 e. The van der Waals surface area contributed by atoms with E-state index in [-0.39, 0.29) is 21.3 Å². The van der Waals surface area contributed by atoms with E-state index >= 15 is 0 Å². The second-order valence-electron chi connectivity index (χ2n) is 8.01. The zero-order valence-corrected chi connectivity index (χ0v) is 21.2. The molecule has 3 aromatic carbocycles. The molecule has 1 aliphatic carbocycles. The van der Waals surface area contributed by atoms with Crippen LogP contribution in [0.3, 0.4) is 0 Å². The number of halogens is 8. The van der Waals surface area contributed by atoms with Gasteiger partial charge in [-0.05, 0) is 60.2 Å². The van der Waals surface area contributed by atoms with Crippen LogP contribution in [0.15, 0.2) is 60.7 Å². The molecule has 0 aliphatic heterocycles. The van der Waals surface area contributed by atoms with Gasteiger partial charge in [0.2, 0.25) is 5.91 Å². The lowest BCUT2D eigenvalue weighted by Gasteiger charge is -2.11. The summed E-state index contributed by atoms with van der Waals surface area (Å²) in [6, 6.07) is 12.8. The number of rotatable bonds is 6. The number of ether oxygens (including phenoxy) is 1. The van der Waals surface area contributed by atoms with Gasteiger partial charge in [-0.25, -0.2) is 4.39 Å². The molecule has 0 spiro atoms. The Hall–Kier alpha value is -2.72. The number of benzene rings is 3. The average molecular weight is 596 g/mol. The molecule has 194 valence electrons. The summed E-state index contributed by atoms with van der Waals surface area (Å²) >= 11 is 24.7. The number of amides is 2. The third-order valence-corrected chi connectivity index (χ3v) is 7.02. The van der Waals surface area contributed by atoms with Crippen LogP contribution in [0.2, 0.25) is 10.0 Å². The van der Waals surface area contributed by atoms with Gasteiger partial charge in [0.15, 0.2) is 0 Å². The van der Waals surface area contributed by atoms with Gasteiger partial charge < -0.3 is 15.4 Å². The first-order chi connectivity index (χ1) is 17.3. The number of hydrogen-bond donors (Lipinski definition) is 2. The largest absolute Gasteiger partial charge is 0.573 e. The first-order valence-electron chi connectivity index (χ1n) is 10.4. The smallest absolute Gasteiger partial charge is 0.404 e. The first kappa shape index (κ1) is 27.3. The number of alkyl halides is 5. The van der Waals surface area contributed by atoms with Gasteiger partial charge in [0.25, 0.3) is 5.91 Å². The van der Waals surface area contributed by atoms with Crippen molar-refractivity contribution < 1.29 is 31.9 Å². The number of hydrogen-bond acceptors (Lipinski definition) is 3. The average Bonchev–Trinajstić information content (AvgIpc) is 3.39. The van der Waals surface area contributed by atoms with Gasteiger partial charge >= 0.3 is 6.36 Å². The highest BCUT2D eigenvalue weighted by molar-refractivity contribution is 6.53. The van der Waals surface area contributed by atoms with Crippen LogP contribution in [0.25, 0.3) is 0 Å². The van der Waals surface area contributed by atoms with Crippen LogP contribution in [0.1, 0.15) is 21.8 Å². The summed E-state index contributed by atoms with van der Waals surface area (Å²) in [7, 11) is 0. The van der Waals surface area contributed by atoms with Crippen molar-refractivity contribution in [2.45, 2.75) is 16.6 Å². The molecule has 1 fully saturated rings. The molecular weight excluding hydrogens is 582 g/mol. The van der Waals surface area contributed by atoms with Gasteiger partial charge in [-0.1, -0.05) is 29.3 Å². The molecule has 0 heterocycles. The molecule has 2 amide bonds. The highest BCUT2D eigenvalue weighted by Gasteiger charge is 2.67. The van der Waals surface area contributed by atoms with E-state index in [2.05, 4.69) is 15.4 Å². The van der Waals surface area contributed by atoms with Crippen molar-refractivity contribution in [1.82, 2.24) is 0 Å². The molecule has 3 aromatic rings. The third-order valence-electron chi connectivity index (χ3n) is 5.46. The lowest BCUT2D eigenvalue weighted by molar-refractivity contribution is -0.274. The molecule has 37 heavy (non-hydrogen) atoms. The van der Waals surface area contributed by atoms with Crippen molar-refractivity contribution in [3.8, 4) is 5.75 Å². The quantitative estimate of drug-likeness (QED) is 0.226. The first-order valence-corrected chi connectivity index (χ1v) is 11.9. The second-order valence-corrected chi connectivity index (χ2v) is 10.3. The third kappa shape index (κ3) is 6.23. The Morgan fingerprint density at radius 3 is 2.14 bits per heavy atom. The van der Waals surface area contributed by atoms with Crippen LogP contribution in [0.4, 0.5) is 28.9 Å². The fraction of sp³-hybridized carbons (Fsp3) is 0.167. The Kier molecular flexibility index (Phi) is 7.54. The molecule has 5 nitrogen and oxygen atoms in total. The summed E-state index contributed by atoms with van der Waals surface area (Å²) in [5, 5.41) is 4.94. The summed E-state index contributed by atoms with van der Waals surface area (Å²) < 4.78 is 52.9. The van der Waals surface area contributed by atoms with E-state index in [1.54, 1.807) is 0 Å². The molecule has 0 radical (unpaired) electrons. The predicted octanol–water partition coefficient (Wildman–Crippen LogP) is 7.81. The van der Waals surface area contributed by atoms with E-state index in [0.717, 1.165) is 6.07 Å². The zero-order valence-electron chi connectivity index (χ0n) is 18.2. The van der Waals surface area contributed by atoms with Gasteiger partial charge in [0.05, 0.1) is 21.5 Å². The fourth-order valence-corrected chi connectivity index (χ4v) is 4.97. The summed E-state index contributed by atoms with van der Waals surface area (Å²) in [6.45, 7) is 0. The van der Waals surface area contributed by atoms with E-state index in [1.807, 2.05) is 0 Å². The normalized spacial score (nSPS) is 18.2. The van der Waals surface area contributed by atoms with E-state index in [1.165, 1.54) is 54.6 Å². The van der Waals surface area contributed by atoms with Crippen molar-refractivity contribution in [3.63, 3.8) is 0 Å². The monoisotopic (exact) mass is 594 g/mol. The van der Waals surface area contributed by atoms with Crippen LogP contribution >= 0.6 is 46.4 Å². The van der Waals surface area contributed by atoms with Crippen molar-refractivity contribution in [3.05, 3.63) is 87.7 Å². The van der Waals surface area contributed by atoms with Crippen molar-refractivity contribution in [2.24, 2.45) is 5.92 Å². The number of carbonyl (C=O) groups is 2. The molecule has 0 aromatic heterocycles. The van der Waals surface area contributed by atoms with Gasteiger partial charge in [-0.2, -0.15) is 0 Å². The van der Waals surface area contributed by atoms with E-state index in [0.29, 0.717) is 11.3 Å². The standard InChI is InChI=1S/C24H14Cl4F4N2O3/c25-16-7-6-14(10-15(16)21(35)33-13-4-2-12(29)3-5-13)34-22(36)20-19(23(20,27)28)11-1-8-18(17(26)9-11)37-24(30,31)32/h1-10,19-20H,(H,33,35)(H,34,36). The van der Waals surface area contributed by atoms with Crippen molar-refractivity contribution >= 4 is 69.6 Å². The molecule has 2 N–H and O–H groups in total. The Labute approximate surface area is 227 Å². The zero-order chi connectivity index (χ0) is 27.1. The molecule has 0 saturated heterocycles. The van der Waals surface area contributed by atoms with Crippen LogP contribution in [-0.4, -0.2) is 22.5 Å². The van der Waals surface area contributed by atoms with Gasteiger partial charge in [-0.15, -0.1) is 36.4 Å². The molecule has 1 saturated carbocycles. The minimum atomic E-state index is -4.93. The maximum absolute atomic E-state index is 13.1. The van der Waals surface area contributed by atoms with Gasteiger partial charge in [0.1, 0.15) is 15.9 Å². The predicted molar refractivity (Wildman–Crippen MR) is 133 cm³/mol. The molecule has 0 bridgehead atoms. The Bertz CT molecular complexity index is 1370. The van der Waals surface area contributed by atoms with Crippen LogP contribution in [0.5, 0.6) is 5.75 Å². The molecule has 2 unspecified atom stereocenters. The second kappa shape index (κ2) is 10.2. The van der Waals surface area contributed by atoms with E-state index < -0.39 is 45.9 Å². The van der Waals surface area contributed by atoms with Crippen LogP contribution in [-0.2, 0) is 4.79 Å². The van der Waals surface area contributed by atoms with Crippen molar-refractivity contribution in [2.75, 3.05) is 10.6 Å². The minimum absolute atomic E-state index is 0.0335. The van der Waals surface area contributed by atoms with E-state index in [9.17, 15) is 27.2 Å². The Balaban J connectivity index is 1.48. The summed E-state index contributed by atoms with van der Waals surface area (Å²) in [4.78, 5) is 25.6. The number of anilines is 2. The summed E-state index contributed by atoms with van der Waals surface area (Å²) in [5.74, 6) is -4.04. The molecule has 2 atom stereocenters. The Morgan fingerprint density at radius 1 is 0.865 bits per heavy atom. The molecule has 4 rings (SSSR count). The molecule has 1 aliphatic rings. The van der Waals surface area contributed by atoms with Crippen LogP contribution in [0, 0.1) is 11.7 Å². The number of nitrogens with one attached hydrogen (secondary N) is 2. The molecule has 13 heteroatoms. The topological polar surface area (TPSA) is 67.4 Å². The highest BCUT2D eigenvalue weighted by atomic mass is 35.5. The molecular formula is C24H14Cl4F4N2O3. The highest BCUT2D eigenvalue weighted by Crippen LogP contribution is 2.65. The summed E-state index contributed by atoms with van der Waals surface area (Å²) in [6.07, 6.45) is -4.93.